The summed E-state index contributed by atoms with van der Waals surface area (Å²) in [5.74, 6) is -1.12. The molecule has 0 aliphatic heterocycles. The summed E-state index contributed by atoms with van der Waals surface area (Å²) in [6, 6.07) is 4.11. The number of hydrogen-bond donors (Lipinski definition) is 3. The van der Waals surface area contributed by atoms with Crippen molar-refractivity contribution in [2.24, 2.45) is 5.73 Å². The lowest BCUT2D eigenvalue weighted by atomic mass is 10.1. The molecule has 16 heavy (non-hydrogen) atoms. The van der Waals surface area contributed by atoms with Gasteiger partial charge in [-0.1, -0.05) is 6.07 Å². The Morgan fingerprint density at radius 1 is 1.44 bits per heavy atom. The molecular formula is C11H13NO4. The number of carbonyl (C=O) groups is 1. The van der Waals surface area contributed by atoms with Crippen LogP contribution in [0.3, 0.4) is 0 Å². The van der Waals surface area contributed by atoms with Crippen molar-refractivity contribution in [2.45, 2.75) is 6.92 Å². The standard InChI is InChI=1S/C11H13NO4/c1-2-16-11(15)8(12)5-7-3-4-9(13)10(14)6-7/h3-6,13-14H,2,12H2,1H3/b8-5-. The number of rotatable bonds is 3. The predicted octanol–water partition coefficient (Wildman–Crippen LogP) is 0.961. The van der Waals surface area contributed by atoms with Gasteiger partial charge in [-0.15, -0.1) is 0 Å². The summed E-state index contributed by atoms with van der Waals surface area (Å²) in [6.07, 6.45) is 1.36. The van der Waals surface area contributed by atoms with Crippen LogP contribution in [0, 0.1) is 0 Å². The molecule has 0 aromatic heterocycles. The lowest BCUT2D eigenvalue weighted by Crippen LogP contribution is -2.14. The number of hydrogen-bond acceptors (Lipinski definition) is 5. The average molecular weight is 223 g/mol. The van der Waals surface area contributed by atoms with E-state index in [4.69, 9.17) is 10.8 Å². The molecule has 0 spiro atoms. The fraction of sp³-hybridized carbons (Fsp3) is 0.182. The quantitative estimate of drug-likeness (QED) is 0.403. The number of phenolic OH excluding ortho intramolecular Hbond substituents is 2. The molecule has 0 aliphatic carbocycles. The summed E-state index contributed by atoms with van der Waals surface area (Å²) >= 11 is 0. The molecule has 5 heteroatoms. The van der Waals surface area contributed by atoms with Gasteiger partial charge in [-0.2, -0.15) is 0 Å². The number of aromatic hydroxyl groups is 2. The highest BCUT2D eigenvalue weighted by Crippen LogP contribution is 2.25. The van der Waals surface area contributed by atoms with Crippen molar-refractivity contribution < 1.29 is 19.7 Å². The molecular weight excluding hydrogens is 210 g/mol. The predicted molar refractivity (Wildman–Crippen MR) is 58.6 cm³/mol. The fourth-order valence-electron chi connectivity index (χ4n) is 1.08. The Morgan fingerprint density at radius 3 is 2.69 bits per heavy atom. The second kappa shape index (κ2) is 5.06. The van der Waals surface area contributed by atoms with E-state index in [0.717, 1.165) is 0 Å². The third-order valence-corrected chi connectivity index (χ3v) is 1.83. The Morgan fingerprint density at radius 2 is 2.12 bits per heavy atom. The molecule has 0 heterocycles. The number of phenols is 2. The molecule has 0 aliphatic rings. The number of carbonyl (C=O) groups excluding carboxylic acids is 1. The van der Waals surface area contributed by atoms with Gasteiger partial charge in [0.15, 0.2) is 11.5 Å². The summed E-state index contributed by atoms with van der Waals surface area (Å²) in [5, 5.41) is 18.3. The molecule has 0 bridgehead atoms. The molecule has 86 valence electrons. The topological polar surface area (TPSA) is 92.8 Å². The molecule has 1 aromatic carbocycles. The largest absolute Gasteiger partial charge is 0.504 e. The molecule has 0 radical (unpaired) electrons. The first kappa shape index (κ1) is 11.9. The van der Waals surface area contributed by atoms with Crippen molar-refractivity contribution in [3.63, 3.8) is 0 Å². The highest BCUT2D eigenvalue weighted by atomic mass is 16.5. The van der Waals surface area contributed by atoms with Crippen LogP contribution in [0.4, 0.5) is 0 Å². The first-order valence-corrected chi connectivity index (χ1v) is 4.71. The van der Waals surface area contributed by atoms with E-state index < -0.39 is 5.97 Å². The summed E-state index contributed by atoms with van der Waals surface area (Å²) < 4.78 is 4.69. The summed E-state index contributed by atoms with van der Waals surface area (Å²) in [5.41, 5.74) is 5.90. The van der Waals surface area contributed by atoms with E-state index in [0.29, 0.717) is 5.56 Å². The van der Waals surface area contributed by atoms with Crippen LogP contribution >= 0.6 is 0 Å². The monoisotopic (exact) mass is 223 g/mol. The van der Waals surface area contributed by atoms with Crippen molar-refractivity contribution in [2.75, 3.05) is 6.61 Å². The van der Waals surface area contributed by atoms with Gasteiger partial charge in [0, 0.05) is 0 Å². The Labute approximate surface area is 92.8 Å². The van der Waals surface area contributed by atoms with E-state index >= 15 is 0 Å². The minimum absolute atomic E-state index is 0.0630. The molecule has 0 unspecified atom stereocenters. The molecule has 0 atom stereocenters. The third-order valence-electron chi connectivity index (χ3n) is 1.83. The van der Waals surface area contributed by atoms with Gasteiger partial charge in [-0.05, 0) is 30.7 Å². The van der Waals surface area contributed by atoms with Gasteiger partial charge in [0.05, 0.1) is 6.61 Å². The first-order chi connectivity index (χ1) is 7.54. The maximum atomic E-state index is 11.2. The van der Waals surface area contributed by atoms with Gasteiger partial charge >= 0.3 is 5.97 Å². The zero-order chi connectivity index (χ0) is 12.1. The Bertz CT molecular complexity index is 426. The summed E-state index contributed by atoms with van der Waals surface area (Å²) in [4.78, 5) is 11.2. The Balaban J connectivity index is 2.89. The van der Waals surface area contributed by atoms with Gasteiger partial charge < -0.3 is 20.7 Å². The number of benzene rings is 1. The summed E-state index contributed by atoms with van der Waals surface area (Å²) in [7, 11) is 0. The second-order valence-corrected chi connectivity index (χ2v) is 3.07. The molecule has 1 rings (SSSR count). The average Bonchev–Trinajstić information content (AvgIpc) is 2.24. The number of nitrogens with two attached hydrogens (primary N) is 1. The summed E-state index contributed by atoms with van der Waals surface area (Å²) in [6.45, 7) is 1.92. The van der Waals surface area contributed by atoms with E-state index in [1.807, 2.05) is 0 Å². The van der Waals surface area contributed by atoms with Gasteiger partial charge in [0.1, 0.15) is 5.70 Å². The minimum atomic E-state index is -0.616. The highest BCUT2D eigenvalue weighted by Gasteiger charge is 2.06. The first-order valence-electron chi connectivity index (χ1n) is 4.71. The molecule has 1 aromatic rings. The van der Waals surface area contributed by atoms with Gasteiger partial charge in [0.25, 0.3) is 0 Å². The molecule has 0 saturated carbocycles. The second-order valence-electron chi connectivity index (χ2n) is 3.07. The van der Waals surface area contributed by atoms with Crippen molar-refractivity contribution in [1.82, 2.24) is 0 Å². The number of ether oxygens (including phenoxy) is 1. The maximum absolute atomic E-state index is 11.2. The lowest BCUT2D eigenvalue weighted by molar-refractivity contribution is -0.138. The maximum Gasteiger partial charge on any atom is 0.354 e. The lowest BCUT2D eigenvalue weighted by Gasteiger charge is -2.02. The van der Waals surface area contributed by atoms with Crippen LogP contribution in [0.2, 0.25) is 0 Å². The van der Waals surface area contributed by atoms with E-state index in [1.54, 1.807) is 6.92 Å². The van der Waals surface area contributed by atoms with Crippen LogP contribution in [0.1, 0.15) is 12.5 Å². The smallest absolute Gasteiger partial charge is 0.354 e. The zero-order valence-electron chi connectivity index (χ0n) is 8.80. The highest BCUT2D eigenvalue weighted by molar-refractivity contribution is 5.92. The minimum Gasteiger partial charge on any atom is -0.504 e. The van der Waals surface area contributed by atoms with Gasteiger partial charge in [-0.3, -0.25) is 0 Å². The van der Waals surface area contributed by atoms with Crippen molar-refractivity contribution in [1.29, 1.82) is 0 Å². The van der Waals surface area contributed by atoms with Gasteiger partial charge in [0.2, 0.25) is 0 Å². The normalized spacial score (nSPS) is 11.2. The van der Waals surface area contributed by atoms with Crippen molar-refractivity contribution in [3.05, 3.63) is 29.5 Å². The molecule has 0 amide bonds. The van der Waals surface area contributed by atoms with E-state index in [9.17, 15) is 9.90 Å². The number of esters is 1. The fourth-order valence-corrected chi connectivity index (χ4v) is 1.08. The van der Waals surface area contributed by atoms with Crippen molar-refractivity contribution in [3.8, 4) is 11.5 Å². The van der Waals surface area contributed by atoms with E-state index in [1.165, 1.54) is 24.3 Å². The van der Waals surface area contributed by atoms with Crippen LogP contribution in [0.25, 0.3) is 6.08 Å². The molecule has 0 fully saturated rings. The third kappa shape index (κ3) is 2.91. The zero-order valence-corrected chi connectivity index (χ0v) is 8.80. The van der Waals surface area contributed by atoms with Crippen LogP contribution < -0.4 is 5.73 Å². The van der Waals surface area contributed by atoms with Crippen LogP contribution in [0.15, 0.2) is 23.9 Å². The van der Waals surface area contributed by atoms with E-state index in [-0.39, 0.29) is 23.8 Å². The van der Waals surface area contributed by atoms with Crippen LogP contribution in [-0.2, 0) is 9.53 Å². The SMILES string of the molecule is CCOC(=O)/C(N)=C/c1ccc(O)c(O)c1. The van der Waals surface area contributed by atoms with E-state index in [2.05, 4.69) is 4.74 Å². The molecule has 4 N–H and O–H groups in total. The van der Waals surface area contributed by atoms with Crippen molar-refractivity contribution >= 4 is 12.0 Å². The Kier molecular flexibility index (Phi) is 3.77. The van der Waals surface area contributed by atoms with Crippen LogP contribution in [0.5, 0.6) is 11.5 Å². The van der Waals surface area contributed by atoms with Gasteiger partial charge in [-0.25, -0.2) is 4.79 Å². The Hall–Kier alpha value is -2.17. The molecule has 0 saturated heterocycles. The van der Waals surface area contributed by atoms with Crippen LogP contribution in [-0.4, -0.2) is 22.8 Å². The molecule has 5 nitrogen and oxygen atoms in total.